The Morgan fingerprint density at radius 3 is 2.90 bits per heavy atom. The summed E-state index contributed by atoms with van der Waals surface area (Å²) < 4.78 is 11.3. The fourth-order valence-corrected chi connectivity index (χ4v) is 1.94. The van der Waals surface area contributed by atoms with Crippen molar-refractivity contribution in [1.29, 1.82) is 0 Å². The van der Waals surface area contributed by atoms with Gasteiger partial charge in [-0.3, -0.25) is 4.79 Å². The molecule has 0 atom stereocenters. The average molecular weight is 351 g/mol. The predicted octanol–water partition coefficient (Wildman–Crippen LogP) is 3.19. The smallest absolute Gasteiger partial charge is 0.277 e. The van der Waals surface area contributed by atoms with Crippen LogP contribution >= 0.6 is 15.9 Å². The lowest BCUT2D eigenvalue weighted by Crippen LogP contribution is -2.24. The molecular formula is C15H15BrN2O3. The van der Waals surface area contributed by atoms with Gasteiger partial charge in [-0.05, 0) is 59.1 Å². The third-order valence-electron chi connectivity index (χ3n) is 2.89. The number of hydrogen-bond acceptors (Lipinski definition) is 4. The molecule has 0 spiro atoms. The summed E-state index contributed by atoms with van der Waals surface area (Å²) in [5, 5.41) is 3.79. The van der Waals surface area contributed by atoms with E-state index in [0.29, 0.717) is 16.2 Å². The second kappa shape index (κ2) is 7.08. The third-order valence-corrected chi connectivity index (χ3v) is 3.31. The summed E-state index contributed by atoms with van der Waals surface area (Å²) in [5.41, 5.74) is 4.52. The zero-order chi connectivity index (χ0) is 15.2. The van der Waals surface area contributed by atoms with E-state index < -0.39 is 0 Å². The first kappa shape index (κ1) is 15.3. The molecule has 21 heavy (non-hydrogen) atoms. The van der Waals surface area contributed by atoms with Crippen molar-refractivity contribution in [3.05, 3.63) is 51.9 Å². The highest BCUT2D eigenvalue weighted by Crippen LogP contribution is 2.20. The van der Waals surface area contributed by atoms with E-state index in [-0.39, 0.29) is 12.5 Å². The first-order valence-corrected chi connectivity index (χ1v) is 7.12. The average Bonchev–Trinajstić information content (AvgIpc) is 2.86. The quantitative estimate of drug-likeness (QED) is 0.665. The fourth-order valence-electron chi connectivity index (χ4n) is 1.62. The Bertz CT molecular complexity index is 665. The number of rotatable bonds is 5. The molecule has 0 aliphatic heterocycles. The van der Waals surface area contributed by atoms with Crippen LogP contribution in [-0.4, -0.2) is 18.7 Å². The van der Waals surface area contributed by atoms with Crippen molar-refractivity contribution in [2.75, 3.05) is 6.61 Å². The molecule has 0 saturated heterocycles. The van der Waals surface area contributed by atoms with Gasteiger partial charge in [0.05, 0.1) is 6.21 Å². The standard InChI is InChI=1S/C15H15BrN2O3/c1-10-4-3-5-13(11(10)2)20-9-15(19)18-17-8-12-6-7-14(16)21-12/h3-8H,9H2,1-2H3,(H,18,19)/b17-8-. The first-order chi connectivity index (χ1) is 10.1. The summed E-state index contributed by atoms with van der Waals surface area (Å²) in [5.74, 6) is 0.902. The number of aryl methyl sites for hydroxylation is 1. The number of hydrogen-bond donors (Lipinski definition) is 1. The summed E-state index contributed by atoms with van der Waals surface area (Å²) >= 11 is 3.18. The molecule has 110 valence electrons. The van der Waals surface area contributed by atoms with Gasteiger partial charge in [0.15, 0.2) is 11.3 Å². The van der Waals surface area contributed by atoms with Crippen LogP contribution in [0.5, 0.6) is 5.75 Å². The fraction of sp³-hybridized carbons (Fsp3) is 0.200. The largest absolute Gasteiger partial charge is 0.483 e. The molecule has 0 fully saturated rings. The highest BCUT2D eigenvalue weighted by Gasteiger charge is 2.05. The van der Waals surface area contributed by atoms with Gasteiger partial charge < -0.3 is 9.15 Å². The number of nitrogens with zero attached hydrogens (tertiary/aromatic N) is 1. The molecule has 1 N–H and O–H groups in total. The van der Waals surface area contributed by atoms with Gasteiger partial charge in [-0.15, -0.1) is 0 Å². The van der Waals surface area contributed by atoms with Crippen LogP contribution in [-0.2, 0) is 4.79 Å². The van der Waals surface area contributed by atoms with Gasteiger partial charge in [0.25, 0.3) is 5.91 Å². The van der Waals surface area contributed by atoms with Crippen molar-refractivity contribution in [3.63, 3.8) is 0 Å². The molecule has 0 aliphatic carbocycles. The van der Waals surface area contributed by atoms with Crippen LogP contribution in [0.2, 0.25) is 0 Å². The van der Waals surface area contributed by atoms with E-state index in [1.165, 1.54) is 6.21 Å². The van der Waals surface area contributed by atoms with Crippen LogP contribution in [0.25, 0.3) is 0 Å². The van der Waals surface area contributed by atoms with Crippen molar-refractivity contribution >= 4 is 28.1 Å². The van der Waals surface area contributed by atoms with Crippen molar-refractivity contribution in [1.82, 2.24) is 5.43 Å². The lowest BCUT2D eigenvalue weighted by molar-refractivity contribution is -0.123. The Morgan fingerprint density at radius 2 is 2.19 bits per heavy atom. The molecule has 0 unspecified atom stereocenters. The molecule has 0 saturated carbocycles. The molecule has 1 heterocycles. The van der Waals surface area contributed by atoms with Crippen LogP contribution in [0.3, 0.4) is 0 Å². The Hall–Kier alpha value is -2.08. The highest BCUT2D eigenvalue weighted by atomic mass is 79.9. The minimum Gasteiger partial charge on any atom is -0.483 e. The van der Waals surface area contributed by atoms with Crippen LogP contribution in [0.4, 0.5) is 0 Å². The second-order valence-corrected chi connectivity index (χ2v) is 5.20. The molecule has 1 amide bonds. The molecular weight excluding hydrogens is 336 g/mol. The van der Waals surface area contributed by atoms with E-state index in [0.717, 1.165) is 11.1 Å². The number of nitrogens with one attached hydrogen (secondary N) is 1. The van der Waals surface area contributed by atoms with Gasteiger partial charge in [0.2, 0.25) is 0 Å². The molecule has 0 radical (unpaired) electrons. The van der Waals surface area contributed by atoms with E-state index in [1.54, 1.807) is 12.1 Å². The van der Waals surface area contributed by atoms with E-state index in [4.69, 9.17) is 9.15 Å². The highest BCUT2D eigenvalue weighted by molar-refractivity contribution is 9.10. The van der Waals surface area contributed by atoms with E-state index in [2.05, 4.69) is 26.5 Å². The Kier molecular flexibility index (Phi) is 5.16. The molecule has 0 bridgehead atoms. The van der Waals surface area contributed by atoms with Gasteiger partial charge in [-0.25, -0.2) is 5.43 Å². The van der Waals surface area contributed by atoms with Gasteiger partial charge in [0, 0.05) is 0 Å². The molecule has 2 rings (SSSR count). The zero-order valence-corrected chi connectivity index (χ0v) is 13.3. The molecule has 2 aromatic rings. The van der Waals surface area contributed by atoms with Gasteiger partial charge in [-0.2, -0.15) is 5.10 Å². The van der Waals surface area contributed by atoms with Crippen LogP contribution in [0.1, 0.15) is 16.9 Å². The molecule has 1 aromatic carbocycles. The second-order valence-electron chi connectivity index (χ2n) is 4.42. The van der Waals surface area contributed by atoms with E-state index in [9.17, 15) is 4.79 Å². The Morgan fingerprint density at radius 1 is 1.38 bits per heavy atom. The summed E-state index contributed by atoms with van der Waals surface area (Å²) in [6.07, 6.45) is 1.42. The van der Waals surface area contributed by atoms with Gasteiger partial charge in [0.1, 0.15) is 11.5 Å². The van der Waals surface area contributed by atoms with Crippen molar-refractivity contribution in [2.24, 2.45) is 5.10 Å². The van der Waals surface area contributed by atoms with Crippen molar-refractivity contribution in [2.45, 2.75) is 13.8 Å². The molecule has 0 aliphatic rings. The van der Waals surface area contributed by atoms with Crippen LogP contribution in [0.15, 0.2) is 44.5 Å². The maximum absolute atomic E-state index is 11.6. The Balaban J connectivity index is 1.82. The van der Waals surface area contributed by atoms with Crippen LogP contribution < -0.4 is 10.2 Å². The van der Waals surface area contributed by atoms with Crippen LogP contribution in [0, 0.1) is 13.8 Å². The van der Waals surface area contributed by atoms with Crippen molar-refractivity contribution < 1.29 is 13.9 Å². The maximum Gasteiger partial charge on any atom is 0.277 e. The number of carbonyl (C=O) groups is 1. The topological polar surface area (TPSA) is 63.8 Å². The number of carbonyl (C=O) groups excluding carboxylic acids is 1. The zero-order valence-electron chi connectivity index (χ0n) is 11.7. The van der Waals surface area contributed by atoms with Gasteiger partial charge in [-0.1, -0.05) is 12.1 Å². The number of hydrazone groups is 1. The summed E-state index contributed by atoms with van der Waals surface area (Å²) in [6, 6.07) is 9.19. The normalized spacial score (nSPS) is 10.8. The SMILES string of the molecule is Cc1cccc(OCC(=O)N/N=C\c2ccc(Br)o2)c1C. The van der Waals surface area contributed by atoms with E-state index in [1.807, 2.05) is 32.0 Å². The third kappa shape index (κ3) is 4.46. The Labute approximate surface area is 131 Å². The number of furan rings is 1. The molecule has 1 aromatic heterocycles. The summed E-state index contributed by atoms with van der Waals surface area (Å²) in [7, 11) is 0. The van der Waals surface area contributed by atoms with Gasteiger partial charge >= 0.3 is 0 Å². The minimum absolute atomic E-state index is 0.0938. The molecule has 5 nitrogen and oxygen atoms in total. The summed E-state index contributed by atoms with van der Waals surface area (Å²) in [4.78, 5) is 11.6. The summed E-state index contributed by atoms with van der Waals surface area (Å²) in [6.45, 7) is 3.85. The first-order valence-electron chi connectivity index (χ1n) is 6.32. The maximum atomic E-state index is 11.6. The number of halogens is 1. The lowest BCUT2D eigenvalue weighted by Gasteiger charge is -2.09. The lowest BCUT2D eigenvalue weighted by atomic mass is 10.1. The van der Waals surface area contributed by atoms with E-state index >= 15 is 0 Å². The number of amides is 1. The predicted molar refractivity (Wildman–Crippen MR) is 83.6 cm³/mol. The molecule has 6 heteroatoms. The number of benzene rings is 1. The number of ether oxygens (including phenoxy) is 1. The van der Waals surface area contributed by atoms with Crippen molar-refractivity contribution in [3.8, 4) is 5.75 Å². The minimum atomic E-state index is -0.335. The monoisotopic (exact) mass is 350 g/mol.